The van der Waals surface area contributed by atoms with Gasteiger partial charge in [-0.2, -0.15) is 0 Å². The second kappa shape index (κ2) is 7.40. The molecule has 0 amide bonds. The molecule has 2 aromatic carbocycles. The summed E-state index contributed by atoms with van der Waals surface area (Å²) in [5.41, 5.74) is 5.22. The molecule has 0 fully saturated rings. The number of hydrogen-bond donors (Lipinski definition) is 0. The molecule has 118 valence electrons. The van der Waals surface area contributed by atoms with Crippen LogP contribution in [0.15, 0.2) is 36.4 Å². The fraction of sp³-hybridized carbons (Fsp3) is 0.400. The van der Waals surface area contributed by atoms with Crippen molar-refractivity contribution in [3.63, 3.8) is 0 Å². The van der Waals surface area contributed by atoms with Gasteiger partial charge < -0.3 is 4.52 Å². The Labute approximate surface area is 136 Å². The first-order chi connectivity index (χ1) is 10.3. The Bertz CT molecular complexity index is 554. The lowest BCUT2D eigenvalue weighted by Crippen LogP contribution is -2.17. The van der Waals surface area contributed by atoms with E-state index in [4.69, 9.17) is 4.52 Å². The lowest BCUT2D eigenvalue weighted by atomic mass is 10.2. The summed E-state index contributed by atoms with van der Waals surface area (Å²) in [4.78, 5) is 0. The standard InChI is InChI=1S/C20H27OP/c1-14(2)13-21-22(19-9-15(3)7-16(4)10-19)20-11-17(5)8-18(6)12-20/h7-12,14H,13H2,1-6H3. The summed E-state index contributed by atoms with van der Waals surface area (Å²) in [6.45, 7) is 13.8. The molecule has 0 bridgehead atoms. The van der Waals surface area contributed by atoms with Gasteiger partial charge >= 0.3 is 0 Å². The van der Waals surface area contributed by atoms with Gasteiger partial charge in [-0.3, -0.25) is 0 Å². The van der Waals surface area contributed by atoms with Crippen molar-refractivity contribution < 1.29 is 4.52 Å². The summed E-state index contributed by atoms with van der Waals surface area (Å²) in [6, 6.07) is 13.5. The second-order valence-corrected chi connectivity index (χ2v) is 8.56. The van der Waals surface area contributed by atoms with E-state index in [0.29, 0.717) is 5.92 Å². The first kappa shape index (κ1) is 17.2. The van der Waals surface area contributed by atoms with E-state index in [9.17, 15) is 0 Å². The van der Waals surface area contributed by atoms with E-state index < -0.39 is 8.15 Å². The summed E-state index contributed by atoms with van der Waals surface area (Å²) in [7, 11) is -0.748. The molecule has 22 heavy (non-hydrogen) atoms. The molecule has 0 N–H and O–H groups in total. The maximum absolute atomic E-state index is 6.36. The molecule has 2 rings (SSSR count). The molecule has 0 spiro atoms. The number of hydrogen-bond acceptors (Lipinski definition) is 1. The molecule has 2 aromatic rings. The van der Waals surface area contributed by atoms with Gasteiger partial charge in [-0.15, -0.1) is 0 Å². The van der Waals surface area contributed by atoms with Crippen molar-refractivity contribution in [3.05, 3.63) is 58.7 Å². The highest BCUT2D eigenvalue weighted by Crippen LogP contribution is 2.36. The summed E-state index contributed by atoms with van der Waals surface area (Å²) >= 11 is 0. The van der Waals surface area contributed by atoms with Crippen molar-refractivity contribution in [2.45, 2.75) is 41.5 Å². The van der Waals surface area contributed by atoms with Crippen LogP contribution in [-0.2, 0) is 4.52 Å². The quantitative estimate of drug-likeness (QED) is 0.710. The second-order valence-electron chi connectivity index (χ2n) is 6.68. The van der Waals surface area contributed by atoms with Gasteiger partial charge in [-0.1, -0.05) is 48.2 Å². The Hall–Kier alpha value is -1.17. The predicted octanol–water partition coefficient (Wildman–Crippen LogP) is 4.94. The fourth-order valence-electron chi connectivity index (χ4n) is 2.66. The van der Waals surface area contributed by atoms with Crippen LogP contribution in [0.5, 0.6) is 0 Å². The minimum Gasteiger partial charge on any atom is -0.349 e. The maximum atomic E-state index is 6.36. The van der Waals surface area contributed by atoms with Crippen LogP contribution in [0.4, 0.5) is 0 Å². The van der Waals surface area contributed by atoms with Crippen LogP contribution in [0.3, 0.4) is 0 Å². The van der Waals surface area contributed by atoms with Gasteiger partial charge in [-0.05, 0) is 57.9 Å². The first-order valence-corrected chi connectivity index (χ1v) is 9.21. The van der Waals surface area contributed by atoms with Crippen LogP contribution in [0.25, 0.3) is 0 Å². The highest BCUT2D eigenvalue weighted by molar-refractivity contribution is 7.68. The van der Waals surface area contributed by atoms with Crippen molar-refractivity contribution in [2.75, 3.05) is 6.61 Å². The van der Waals surface area contributed by atoms with Gasteiger partial charge in [0.1, 0.15) is 0 Å². The number of rotatable bonds is 5. The highest BCUT2D eigenvalue weighted by Gasteiger charge is 2.17. The van der Waals surface area contributed by atoms with Gasteiger partial charge in [0.2, 0.25) is 0 Å². The van der Waals surface area contributed by atoms with E-state index in [1.54, 1.807) is 0 Å². The highest BCUT2D eigenvalue weighted by atomic mass is 31.1. The summed E-state index contributed by atoms with van der Waals surface area (Å²) < 4.78 is 6.36. The molecule has 2 heteroatoms. The van der Waals surface area contributed by atoms with Gasteiger partial charge in [0.05, 0.1) is 14.8 Å². The van der Waals surface area contributed by atoms with Crippen LogP contribution in [0.1, 0.15) is 36.1 Å². The van der Waals surface area contributed by atoms with Gasteiger partial charge in [0, 0.05) is 10.6 Å². The summed E-state index contributed by atoms with van der Waals surface area (Å²) in [5, 5.41) is 2.64. The van der Waals surface area contributed by atoms with E-state index in [0.717, 1.165) is 6.61 Å². The Morgan fingerprint density at radius 1 is 0.727 bits per heavy atom. The minimum atomic E-state index is -0.748. The van der Waals surface area contributed by atoms with Crippen molar-refractivity contribution in [3.8, 4) is 0 Å². The maximum Gasteiger partial charge on any atom is 0.0917 e. The van der Waals surface area contributed by atoms with Crippen molar-refractivity contribution in [2.24, 2.45) is 5.92 Å². The van der Waals surface area contributed by atoms with E-state index in [2.05, 4.69) is 77.9 Å². The Kier molecular flexibility index (Phi) is 5.78. The molecule has 0 unspecified atom stereocenters. The van der Waals surface area contributed by atoms with Crippen LogP contribution < -0.4 is 10.6 Å². The zero-order valence-electron chi connectivity index (χ0n) is 14.6. The topological polar surface area (TPSA) is 9.23 Å². The molecule has 0 radical (unpaired) electrons. The zero-order valence-corrected chi connectivity index (χ0v) is 15.5. The molecular weight excluding hydrogens is 287 g/mol. The largest absolute Gasteiger partial charge is 0.349 e. The number of aryl methyl sites for hydroxylation is 4. The van der Waals surface area contributed by atoms with Crippen LogP contribution in [-0.4, -0.2) is 6.61 Å². The molecule has 0 aliphatic carbocycles. The van der Waals surface area contributed by atoms with Gasteiger partial charge in [0.25, 0.3) is 0 Å². The normalized spacial score (nSPS) is 11.5. The third-order valence-electron chi connectivity index (χ3n) is 3.42. The summed E-state index contributed by atoms with van der Waals surface area (Å²) in [5.74, 6) is 0.543. The van der Waals surface area contributed by atoms with E-state index in [-0.39, 0.29) is 0 Å². The monoisotopic (exact) mass is 314 g/mol. The molecular formula is C20H27OP. The Morgan fingerprint density at radius 3 is 1.41 bits per heavy atom. The molecule has 1 nitrogen and oxygen atoms in total. The molecule has 0 atom stereocenters. The van der Waals surface area contributed by atoms with Crippen molar-refractivity contribution in [1.82, 2.24) is 0 Å². The van der Waals surface area contributed by atoms with Crippen molar-refractivity contribution in [1.29, 1.82) is 0 Å². The van der Waals surface area contributed by atoms with Crippen LogP contribution >= 0.6 is 8.15 Å². The minimum absolute atomic E-state index is 0.543. The summed E-state index contributed by atoms with van der Waals surface area (Å²) in [6.07, 6.45) is 0. The first-order valence-electron chi connectivity index (χ1n) is 7.95. The third-order valence-corrected chi connectivity index (χ3v) is 5.28. The lowest BCUT2D eigenvalue weighted by Gasteiger charge is -2.21. The Balaban J connectivity index is 2.45. The molecule has 0 heterocycles. The van der Waals surface area contributed by atoms with Crippen LogP contribution in [0, 0.1) is 33.6 Å². The molecule has 0 saturated heterocycles. The molecule has 0 saturated carbocycles. The van der Waals surface area contributed by atoms with E-state index in [1.807, 2.05) is 0 Å². The van der Waals surface area contributed by atoms with E-state index in [1.165, 1.54) is 32.9 Å². The fourth-order valence-corrected chi connectivity index (χ4v) is 4.98. The van der Waals surface area contributed by atoms with Crippen LogP contribution in [0.2, 0.25) is 0 Å². The average Bonchev–Trinajstić information content (AvgIpc) is 2.36. The van der Waals surface area contributed by atoms with E-state index >= 15 is 0 Å². The van der Waals surface area contributed by atoms with Gasteiger partial charge in [-0.25, -0.2) is 0 Å². The third kappa shape index (κ3) is 4.66. The number of benzene rings is 2. The SMILES string of the molecule is Cc1cc(C)cc(P(OCC(C)C)c2cc(C)cc(C)c2)c1. The smallest absolute Gasteiger partial charge is 0.0917 e. The van der Waals surface area contributed by atoms with Gasteiger partial charge in [0.15, 0.2) is 0 Å². The zero-order chi connectivity index (χ0) is 16.3. The molecule has 0 aliphatic rings. The predicted molar refractivity (Wildman–Crippen MR) is 98.8 cm³/mol. The Morgan fingerprint density at radius 2 is 1.09 bits per heavy atom. The average molecular weight is 314 g/mol. The lowest BCUT2D eigenvalue weighted by molar-refractivity contribution is 0.305. The molecule has 0 aromatic heterocycles. The molecule has 0 aliphatic heterocycles. The van der Waals surface area contributed by atoms with Crippen molar-refractivity contribution >= 4 is 18.8 Å².